The molecule has 1 unspecified atom stereocenters. The number of nitrogens with one attached hydrogen (secondary N) is 2. The summed E-state index contributed by atoms with van der Waals surface area (Å²) in [6, 6.07) is 11.3. The van der Waals surface area contributed by atoms with E-state index in [9.17, 15) is 23.5 Å². The molecule has 0 saturated heterocycles. The third kappa shape index (κ3) is 6.38. The second-order valence-electron chi connectivity index (χ2n) is 6.85. The van der Waals surface area contributed by atoms with Crippen LogP contribution in [0.15, 0.2) is 48.5 Å². The van der Waals surface area contributed by atoms with Gasteiger partial charge in [0.25, 0.3) is 18.2 Å². The third-order valence-electron chi connectivity index (χ3n) is 4.35. The fraction of sp³-hybridized carbons (Fsp3) is 0.217. The van der Waals surface area contributed by atoms with Gasteiger partial charge >= 0.3 is 0 Å². The second kappa shape index (κ2) is 10.4. The van der Waals surface area contributed by atoms with Crippen molar-refractivity contribution in [2.75, 3.05) is 0 Å². The lowest BCUT2D eigenvalue weighted by atomic mass is 9.95. The minimum absolute atomic E-state index is 0.0390. The molecule has 8 heteroatoms. The summed E-state index contributed by atoms with van der Waals surface area (Å²) >= 11 is 0. The van der Waals surface area contributed by atoms with E-state index >= 15 is 0 Å². The van der Waals surface area contributed by atoms with Gasteiger partial charge in [-0.25, -0.2) is 14.3 Å². The number of alkyl halides is 2. The van der Waals surface area contributed by atoms with Gasteiger partial charge in [-0.15, -0.1) is 0 Å². The highest BCUT2D eigenvalue weighted by atomic mass is 19.3. The summed E-state index contributed by atoms with van der Waals surface area (Å²) in [5.41, 5.74) is 0.805. The van der Waals surface area contributed by atoms with Crippen molar-refractivity contribution < 1.29 is 28.7 Å². The summed E-state index contributed by atoms with van der Waals surface area (Å²) in [5.74, 6) is 8.85. The molecule has 2 rings (SSSR count). The number of aliphatic hydroxyl groups is 1. The zero-order chi connectivity index (χ0) is 23.0. The number of aryl methyl sites for hydroxylation is 1. The molecule has 4 N–H and O–H groups in total. The predicted molar refractivity (Wildman–Crippen MR) is 109 cm³/mol. The Morgan fingerprint density at radius 1 is 0.968 bits per heavy atom. The Morgan fingerprint density at radius 2 is 1.45 bits per heavy atom. The highest BCUT2D eigenvalue weighted by Gasteiger charge is 2.46. The fourth-order valence-corrected chi connectivity index (χ4v) is 2.43. The Balaban J connectivity index is 2.10. The maximum atomic E-state index is 13.0. The van der Waals surface area contributed by atoms with E-state index in [1.165, 1.54) is 24.3 Å². The van der Waals surface area contributed by atoms with E-state index < -0.39 is 29.9 Å². The number of carbonyl (C=O) groups excluding carboxylic acids is 2. The SMILES string of the molecule is Cc1ccc(C#CC#Cc2ccc(C(=O)N[C@H](C(=O)NO)C(C)(O)C(F)F)cc2)cc1. The van der Waals surface area contributed by atoms with Crippen molar-refractivity contribution in [1.29, 1.82) is 0 Å². The Kier molecular flexibility index (Phi) is 7.87. The van der Waals surface area contributed by atoms with Gasteiger partial charge in [0.1, 0.15) is 6.04 Å². The van der Waals surface area contributed by atoms with Gasteiger partial charge in [-0.1, -0.05) is 29.5 Å². The molecule has 160 valence electrons. The first-order valence-electron chi connectivity index (χ1n) is 9.09. The van der Waals surface area contributed by atoms with Crippen molar-refractivity contribution in [2.45, 2.75) is 31.9 Å². The molecule has 0 fully saturated rings. The zero-order valence-corrected chi connectivity index (χ0v) is 16.7. The van der Waals surface area contributed by atoms with Crippen LogP contribution in [0.25, 0.3) is 0 Å². The normalized spacial score (nSPS) is 13.0. The lowest BCUT2D eigenvalue weighted by molar-refractivity contribution is -0.149. The number of hydrogen-bond acceptors (Lipinski definition) is 4. The van der Waals surface area contributed by atoms with Crippen LogP contribution in [0.4, 0.5) is 8.78 Å². The number of hydrogen-bond donors (Lipinski definition) is 4. The molecule has 2 aromatic rings. The van der Waals surface area contributed by atoms with Crippen molar-refractivity contribution in [1.82, 2.24) is 10.8 Å². The molecule has 0 aliphatic heterocycles. The third-order valence-corrected chi connectivity index (χ3v) is 4.35. The van der Waals surface area contributed by atoms with Crippen molar-refractivity contribution in [3.8, 4) is 23.7 Å². The summed E-state index contributed by atoms with van der Waals surface area (Å²) in [6.07, 6.45) is -3.35. The largest absolute Gasteiger partial charge is 0.381 e. The number of carbonyl (C=O) groups is 2. The summed E-state index contributed by atoms with van der Waals surface area (Å²) in [5, 5.41) is 20.6. The average molecular weight is 426 g/mol. The molecular weight excluding hydrogens is 406 g/mol. The standard InChI is InChI=1S/C23H20F2N2O4/c1-15-7-9-16(10-8-15)5-3-4-6-17-11-13-18(14-12-17)20(28)26-19(21(29)27-31)23(2,30)22(24)25/h7-14,19,22,30-31H,1-2H3,(H,26,28)(H,27,29)/t19-,23?/m1/s1. The van der Waals surface area contributed by atoms with Crippen LogP contribution in [0.2, 0.25) is 0 Å². The summed E-state index contributed by atoms with van der Waals surface area (Å²) in [6.45, 7) is 2.65. The zero-order valence-electron chi connectivity index (χ0n) is 16.7. The van der Waals surface area contributed by atoms with E-state index in [0.717, 1.165) is 16.6 Å². The van der Waals surface area contributed by atoms with Gasteiger partial charge in [0, 0.05) is 16.7 Å². The summed E-state index contributed by atoms with van der Waals surface area (Å²) in [7, 11) is 0. The summed E-state index contributed by atoms with van der Waals surface area (Å²) in [4.78, 5) is 24.0. The Morgan fingerprint density at radius 3 is 1.90 bits per heavy atom. The van der Waals surface area contributed by atoms with E-state index in [1.54, 1.807) is 0 Å². The van der Waals surface area contributed by atoms with E-state index in [-0.39, 0.29) is 5.56 Å². The molecule has 2 amide bonds. The monoisotopic (exact) mass is 426 g/mol. The summed E-state index contributed by atoms with van der Waals surface area (Å²) < 4.78 is 26.1. The fourth-order valence-electron chi connectivity index (χ4n) is 2.43. The van der Waals surface area contributed by atoms with Crippen molar-refractivity contribution in [3.63, 3.8) is 0 Å². The first-order valence-corrected chi connectivity index (χ1v) is 9.09. The van der Waals surface area contributed by atoms with Crippen LogP contribution in [0.1, 0.15) is 34.0 Å². The van der Waals surface area contributed by atoms with Crippen molar-refractivity contribution >= 4 is 11.8 Å². The Hall–Kier alpha value is -3.72. The van der Waals surface area contributed by atoms with Crippen LogP contribution in [-0.2, 0) is 4.79 Å². The molecule has 0 bridgehead atoms. The predicted octanol–water partition coefficient (Wildman–Crippen LogP) is 2.02. The van der Waals surface area contributed by atoms with Crippen molar-refractivity contribution in [2.24, 2.45) is 0 Å². The van der Waals surface area contributed by atoms with Gasteiger partial charge in [-0.3, -0.25) is 14.8 Å². The van der Waals surface area contributed by atoms with E-state index in [0.29, 0.717) is 12.5 Å². The molecule has 6 nitrogen and oxygen atoms in total. The van der Waals surface area contributed by atoms with Crippen LogP contribution in [-0.4, -0.2) is 40.2 Å². The molecular formula is C23H20F2N2O4. The molecule has 2 aromatic carbocycles. The van der Waals surface area contributed by atoms with Crippen LogP contribution in [0, 0.1) is 30.6 Å². The average Bonchev–Trinajstić information content (AvgIpc) is 2.75. The van der Waals surface area contributed by atoms with E-state index in [4.69, 9.17) is 5.21 Å². The maximum absolute atomic E-state index is 13.0. The number of hydroxylamine groups is 1. The van der Waals surface area contributed by atoms with Crippen LogP contribution in [0.3, 0.4) is 0 Å². The van der Waals surface area contributed by atoms with Crippen LogP contribution < -0.4 is 10.8 Å². The minimum atomic E-state index is -3.35. The number of benzene rings is 2. The van der Waals surface area contributed by atoms with E-state index in [2.05, 4.69) is 23.7 Å². The molecule has 0 spiro atoms. The van der Waals surface area contributed by atoms with E-state index in [1.807, 2.05) is 36.5 Å². The van der Waals surface area contributed by atoms with Gasteiger partial charge in [0.05, 0.1) is 0 Å². The number of amides is 2. The van der Waals surface area contributed by atoms with Crippen LogP contribution in [0.5, 0.6) is 0 Å². The minimum Gasteiger partial charge on any atom is -0.381 e. The second-order valence-corrected chi connectivity index (χ2v) is 6.85. The first-order chi connectivity index (χ1) is 14.6. The van der Waals surface area contributed by atoms with Gasteiger partial charge in [-0.05, 0) is 62.1 Å². The van der Waals surface area contributed by atoms with Gasteiger partial charge < -0.3 is 10.4 Å². The molecule has 0 radical (unpaired) electrons. The molecule has 31 heavy (non-hydrogen) atoms. The van der Waals surface area contributed by atoms with Gasteiger partial charge in [0.2, 0.25) is 0 Å². The Bertz CT molecular complexity index is 1060. The first kappa shape index (κ1) is 23.6. The van der Waals surface area contributed by atoms with Crippen LogP contribution >= 0.6 is 0 Å². The topological polar surface area (TPSA) is 98.7 Å². The number of rotatable bonds is 5. The molecule has 2 atom stereocenters. The lowest BCUT2D eigenvalue weighted by Gasteiger charge is -2.30. The molecule has 0 aliphatic rings. The molecule has 0 aromatic heterocycles. The highest BCUT2D eigenvalue weighted by molar-refractivity contribution is 5.97. The van der Waals surface area contributed by atoms with Crippen molar-refractivity contribution in [3.05, 3.63) is 70.8 Å². The van der Waals surface area contributed by atoms with Gasteiger partial charge in [0.15, 0.2) is 5.60 Å². The highest BCUT2D eigenvalue weighted by Crippen LogP contribution is 2.20. The maximum Gasteiger partial charge on any atom is 0.269 e. The van der Waals surface area contributed by atoms with Gasteiger partial charge in [-0.2, -0.15) is 0 Å². The quantitative estimate of drug-likeness (QED) is 0.334. The number of halogens is 2. The molecule has 0 aliphatic carbocycles. The molecule has 0 saturated carbocycles. The Labute approximate surface area is 178 Å². The lowest BCUT2D eigenvalue weighted by Crippen LogP contribution is -2.61. The smallest absolute Gasteiger partial charge is 0.269 e. The molecule has 0 heterocycles.